The SMILES string of the molecule is CC(C)OC(=O)C1(c2ccccc2)CCN(C)CC1.Cl. The van der Waals surface area contributed by atoms with Gasteiger partial charge in [-0.3, -0.25) is 4.79 Å². The van der Waals surface area contributed by atoms with Crippen LogP contribution in [0.2, 0.25) is 0 Å². The number of likely N-dealkylation sites (tertiary alicyclic amines) is 1. The van der Waals surface area contributed by atoms with Crippen LogP contribution in [0, 0.1) is 0 Å². The van der Waals surface area contributed by atoms with Gasteiger partial charge in [-0.15, -0.1) is 12.4 Å². The molecule has 0 amide bonds. The second-order valence-electron chi connectivity index (χ2n) is 5.71. The lowest BCUT2D eigenvalue weighted by atomic mass is 9.73. The molecule has 0 aliphatic carbocycles. The van der Waals surface area contributed by atoms with E-state index < -0.39 is 5.41 Å². The largest absolute Gasteiger partial charge is 0.462 e. The van der Waals surface area contributed by atoms with E-state index in [-0.39, 0.29) is 24.5 Å². The molecular weight excluding hydrogens is 274 g/mol. The highest BCUT2D eigenvalue weighted by Crippen LogP contribution is 2.36. The minimum Gasteiger partial charge on any atom is -0.462 e. The number of carbonyl (C=O) groups excluding carboxylic acids is 1. The van der Waals surface area contributed by atoms with Crippen LogP contribution >= 0.6 is 12.4 Å². The van der Waals surface area contributed by atoms with Crippen molar-refractivity contribution < 1.29 is 9.53 Å². The molecule has 1 aliphatic rings. The summed E-state index contributed by atoms with van der Waals surface area (Å²) in [6, 6.07) is 10.1. The Morgan fingerprint density at radius 3 is 2.25 bits per heavy atom. The third-order valence-electron chi connectivity index (χ3n) is 3.90. The lowest BCUT2D eigenvalue weighted by Gasteiger charge is -2.39. The third-order valence-corrected chi connectivity index (χ3v) is 3.90. The summed E-state index contributed by atoms with van der Waals surface area (Å²) in [6.45, 7) is 5.68. The van der Waals surface area contributed by atoms with Gasteiger partial charge in [-0.2, -0.15) is 0 Å². The van der Waals surface area contributed by atoms with Crippen LogP contribution in [-0.2, 0) is 14.9 Å². The first kappa shape index (κ1) is 17.0. The highest BCUT2D eigenvalue weighted by Gasteiger charge is 2.43. The molecule has 0 spiro atoms. The van der Waals surface area contributed by atoms with Gasteiger partial charge in [0.25, 0.3) is 0 Å². The zero-order valence-corrected chi connectivity index (χ0v) is 13.3. The highest BCUT2D eigenvalue weighted by molar-refractivity contribution is 5.85. The van der Waals surface area contributed by atoms with E-state index >= 15 is 0 Å². The van der Waals surface area contributed by atoms with Gasteiger partial charge in [0, 0.05) is 0 Å². The van der Waals surface area contributed by atoms with E-state index in [1.54, 1.807) is 0 Å². The fourth-order valence-electron chi connectivity index (χ4n) is 2.69. The Balaban J connectivity index is 0.00000200. The average molecular weight is 298 g/mol. The molecule has 1 saturated heterocycles. The van der Waals surface area contributed by atoms with E-state index in [2.05, 4.69) is 11.9 Å². The lowest BCUT2D eigenvalue weighted by molar-refractivity contribution is -0.156. The number of nitrogens with zero attached hydrogens (tertiary/aromatic N) is 1. The van der Waals surface area contributed by atoms with Crippen LogP contribution in [0.25, 0.3) is 0 Å². The molecule has 0 bridgehead atoms. The van der Waals surface area contributed by atoms with E-state index in [9.17, 15) is 4.79 Å². The summed E-state index contributed by atoms with van der Waals surface area (Å²) in [5, 5.41) is 0. The van der Waals surface area contributed by atoms with E-state index in [1.165, 1.54) is 0 Å². The minimum absolute atomic E-state index is 0. The summed E-state index contributed by atoms with van der Waals surface area (Å²) in [5.74, 6) is -0.0678. The summed E-state index contributed by atoms with van der Waals surface area (Å²) >= 11 is 0. The van der Waals surface area contributed by atoms with Gasteiger partial charge >= 0.3 is 5.97 Å². The number of carbonyl (C=O) groups is 1. The molecule has 4 heteroatoms. The molecule has 0 N–H and O–H groups in total. The molecule has 1 fully saturated rings. The maximum absolute atomic E-state index is 12.6. The van der Waals surface area contributed by atoms with Gasteiger partial charge in [-0.1, -0.05) is 30.3 Å². The standard InChI is InChI=1S/C16H23NO2.ClH/c1-13(2)19-15(18)16(9-11-17(3)12-10-16)14-7-5-4-6-8-14;/h4-8,13H,9-12H2,1-3H3;1H. The Hall–Kier alpha value is -1.06. The van der Waals surface area contributed by atoms with E-state index in [1.807, 2.05) is 44.2 Å². The Kier molecular flexibility index (Phi) is 6.03. The van der Waals surface area contributed by atoms with Crippen LogP contribution in [0.3, 0.4) is 0 Å². The van der Waals surface area contributed by atoms with Gasteiger partial charge in [-0.05, 0) is 52.4 Å². The van der Waals surface area contributed by atoms with Crippen LogP contribution < -0.4 is 0 Å². The van der Waals surface area contributed by atoms with Crippen molar-refractivity contribution in [3.05, 3.63) is 35.9 Å². The minimum atomic E-state index is -0.460. The average Bonchev–Trinajstić information content (AvgIpc) is 2.40. The number of rotatable bonds is 3. The molecule has 1 aromatic carbocycles. The van der Waals surface area contributed by atoms with Crippen molar-refractivity contribution in [2.45, 2.75) is 38.2 Å². The topological polar surface area (TPSA) is 29.5 Å². The van der Waals surface area contributed by atoms with Crippen molar-refractivity contribution in [2.24, 2.45) is 0 Å². The second-order valence-corrected chi connectivity index (χ2v) is 5.71. The van der Waals surface area contributed by atoms with Crippen LogP contribution in [0.15, 0.2) is 30.3 Å². The molecule has 1 aromatic rings. The zero-order chi connectivity index (χ0) is 13.9. The summed E-state index contributed by atoms with van der Waals surface area (Å²) in [4.78, 5) is 14.9. The quantitative estimate of drug-likeness (QED) is 0.803. The molecular formula is C16H24ClNO2. The van der Waals surface area contributed by atoms with Gasteiger partial charge in [0.15, 0.2) is 0 Å². The first-order valence-corrected chi connectivity index (χ1v) is 7.00. The smallest absolute Gasteiger partial charge is 0.316 e. The predicted octanol–water partition coefficient (Wildman–Crippen LogP) is 3.02. The van der Waals surface area contributed by atoms with Gasteiger partial charge in [0.2, 0.25) is 0 Å². The van der Waals surface area contributed by atoms with E-state index in [0.29, 0.717) is 0 Å². The summed E-state index contributed by atoms with van der Waals surface area (Å²) < 4.78 is 5.53. The Labute approximate surface area is 127 Å². The number of ether oxygens (including phenoxy) is 1. The van der Waals surface area contributed by atoms with Crippen LogP contribution in [0.5, 0.6) is 0 Å². The number of hydrogen-bond acceptors (Lipinski definition) is 3. The third kappa shape index (κ3) is 3.53. The van der Waals surface area contributed by atoms with Crippen molar-refractivity contribution in [1.82, 2.24) is 4.90 Å². The molecule has 1 heterocycles. The van der Waals surface area contributed by atoms with Crippen molar-refractivity contribution in [2.75, 3.05) is 20.1 Å². The van der Waals surface area contributed by atoms with Crippen molar-refractivity contribution in [3.63, 3.8) is 0 Å². The zero-order valence-electron chi connectivity index (χ0n) is 12.5. The predicted molar refractivity (Wildman–Crippen MR) is 83.3 cm³/mol. The monoisotopic (exact) mass is 297 g/mol. The fraction of sp³-hybridized carbons (Fsp3) is 0.562. The van der Waals surface area contributed by atoms with Gasteiger partial charge < -0.3 is 9.64 Å². The Morgan fingerprint density at radius 1 is 1.20 bits per heavy atom. The van der Waals surface area contributed by atoms with Gasteiger partial charge in [0.05, 0.1) is 11.5 Å². The Bertz CT molecular complexity index is 425. The molecule has 2 rings (SSSR count). The molecule has 1 aliphatic heterocycles. The molecule has 20 heavy (non-hydrogen) atoms. The maximum atomic E-state index is 12.6. The number of esters is 1. The molecule has 0 radical (unpaired) electrons. The summed E-state index contributed by atoms with van der Waals surface area (Å²) in [5.41, 5.74) is 0.631. The van der Waals surface area contributed by atoms with Crippen molar-refractivity contribution in [1.29, 1.82) is 0 Å². The van der Waals surface area contributed by atoms with Gasteiger partial charge in [-0.25, -0.2) is 0 Å². The molecule has 0 aromatic heterocycles. The number of hydrogen-bond donors (Lipinski definition) is 0. The van der Waals surface area contributed by atoms with E-state index in [0.717, 1.165) is 31.5 Å². The van der Waals surface area contributed by atoms with Crippen LogP contribution in [0.4, 0.5) is 0 Å². The van der Waals surface area contributed by atoms with E-state index in [4.69, 9.17) is 4.74 Å². The van der Waals surface area contributed by atoms with Crippen LogP contribution in [-0.4, -0.2) is 37.1 Å². The first-order chi connectivity index (χ1) is 9.04. The van der Waals surface area contributed by atoms with Gasteiger partial charge in [0.1, 0.15) is 0 Å². The maximum Gasteiger partial charge on any atom is 0.316 e. The number of piperidine rings is 1. The molecule has 0 atom stereocenters. The molecule has 0 unspecified atom stereocenters. The summed E-state index contributed by atoms with van der Waals surface area (Å²) in [7, 11) is 2.10. The lowest BCUT2D eigenvalue weighted by Crippen LogP contribution is -2.47. The highest BCUT2D eigenvalue weighted by atomic mass is 35.5. The second kappa shape index (κ2) is 7.09. The van der Waals surface area contributed by atoms with Crippen molar-refractivity contribution in [3.8, 4) is 0 Å². The fourth-order valence-corrected chi connectivity index (χ4v) is 2.69. The normalized spacial score (nSPS) is 18.4. The van der Waals surface area contributed by atoms with Crippen molar-refractivity contribution >= 4 is 18.4 Å². The summed E-state index contributed by atoms with van der Waals surface area (Å²) in [6.07, 6.45) is 1.60. The van der Waals surface area contributed by atoms with Crippen LogP contribution in [0.1, 0.15) is 32.3 Å². The molecule has 112 valence electrons. The first-order valence-electron chi connectivity index (χ1n) is 7.00. The molecule has 3 nitrogen and oxygen atoms in total. The Morgan fingerprint density at radius 2 is 1.75 bits per heavy atom. The number of benzene rings is 1. The molecule has 0 saturated carbocycles. The number of halogens is 1.